The van der Waals surface area contributed by atoms with E-state index >= 15 is 0 Å². The minimum atomic E-state index is -0.621. The van der Waals surface area contributed by atoms with Gasteiger partial charge in [-0.2, -0.15) is 0 Å². The topological polar surface area (TPSA) is 78.6 Å². The molecule has 92 valence electrons. The first kappa shape index (κ1) is 13.0. The molecule has 1 fully saturated rings. The number of carbonyl (C=O) groups is 2. The SMILES string of the molecule is CCOC(=O)[C@H](N)C[C@H]1C[C@H]1C(=O)OCC. The van der Waals surface area contributed by atoms with Gasteiger partial charge in [0.25, 0.3) is 0 Å². The van der Waals surface area contributed by atoms with Gasteiger partial charge in [-0.25, -0.2) is 0 Å². The highest BCUT2D eigenvalue weighted by Gasteiger charge is 2.45. The van der Waals surface area contributed by atoms with Gasteiger partial charge in [0.1, 0.15) is 6.04 Å². The van der Waals surface area contributed by atoms with Crippen molar-refractivity contribution >= 4 is 11.9 Å². The van der Waals surface area contributed by atoms with Crippen LogP contribution in [-0.4, -0.2) is 31.2 Å². The Hall–Kier alpha value is -1.10. The van der Waals surface area contributed by atoms with Crippen LogP contribution in [0.1, 0.15) is 26.7 Å². The van der Waals surface area contributed by atoms with Gasteiger partial charge >= 0.3 is 11.9 Å². The maximum atomic E-state index is 11.3. The van der Waals surface area contributed by atoms with Gasteiger partial charge in [-0.3, -0.25) is 9.59 Å². The molecule has 0 bridgehead atoms. The normalized spacial score (nSPS) is 24.7. The second-order valence-corrected chi connectivity index (χ2v) is 3.95. The van der Waals surface area contributed by atoms with Crippen LogP contribution in [0.2, 0.25) is 0 Å². The maximum absolute atomic E-state index is 11.3. The van der Waals surface area contributed by atoms with E-state index in [-0.39, 0.29) is 17.8 Å². The molecule has 0 aromatic rings. The Bertz CT molecular complexity index is 267. The van der Waals surface area contributed by atoms with Crippen LogP contribution >= 0.6 is 0 Å². The molecule has 1 saturated carbocycles. The maximum Gasteiger partial charge on any atom is 0.322 e. The number of esters is 2. The lowest BCUT2D eigenvalue weighted by Gasteiger charge is -2.09. The summed E-state index contributed by atoms with van der Waals surface area (Å²) in [6, 6.07) is -0.621. The number of rotatable bonds is 6. The Balaban J connectivity index is 2.25. The molecule has 1 rings (SSSR count). The van der Waals surface area contributed by atoms with Gasteiger partial charge in [-0.15, -0.1) is 0 Å². The molecule has 0 aromatic heterocycles. The van der Waals surface area contributed by atoms with E-state index in [0.29, 0.717) is 19.6 Å². The molecule has 1 aliphatic rings. The lowest BCUT2D eigenvalue weighted by Crippen LogP contribution is -2.33. The number of nitrogens with two attached hydrogens (primary N) is 1. The molecule has 0 radical (unpaired) electrons. The Morgan fingerprint density at radius 2 is 1.94 bits per heavy atom. The number of hydrogen-bond acceptors (Lipinski definition) is 5. The third-order valence-corrected chi connectivity index (χ3v) is 2.66. The van der Waals surface area contributed by atoms with E-state index in [1.165, 1.54) is 0 Å². The van der Waals surface area contributed by atoms with Gasteiger partial charge in [0.2, 0.25) is 0 Å². The highest BCUT2D eigenvalue weighted by Crippen LogP contribution is 2.42. The summed E-state index contributed by atoms with van der Waals surface area (Å²) in [6.07, 6.45) is 1.27. The fourth-order valence-corrected chi connectivity index (χ4v) is 1.72. The number of hydrogen-bond donors (Lipinski definition) is 1. The molecule has 0 saturated heterocycles. The van der Waals surface area contributed by atoms with Crippen LogP contribution in [0.3, 0.4) is 0 Å². The first-order chi connectivity index (χ1) is 7.60. The summed E-state index contributed by atoms with van der Waals surface area (Å²) in [6.45, 7) is 4.24. The third-order valence-electron chi connectivity index (χ3n) is 2.66. The highest BCUT2D eigenvalue weighted by atomic mass is 16.5. The van der Waals surface area contributed by atoms with Gasteiger partial charge in [-0.05, 0) is 32.6 Å². The van der Waals surface area contributed by atoms with E-state index < -0.39 is 12.0 Å². The second-order valence-electron chi connectivity index (χ2n) is 3.95. The molecule has 0 heterocycles. The lowest BCUT2D eigenvalue weighted by molar-refractivity contribution is -0.147. The number of carbonyl (C=O) groups excluding carboxylic acids is 2. The van der Waals surface area contributed by atoms with Crippen LogP contribution in [0.25, 0.3) is 0 Å². The Labute approximate surface area is 95.3 Å². The lowest BCUT2D eigenvalue weighted by atomic mass is 10.1. The minimum Gasteiger partial charge on any atom is -0.466 e. The van der Waals surface area contributed by atoms with Crippen molar-refractivity contribution in [1.29, 1.82) is 0 Å². The van der Waals surface area contributed by atoms with E-state index in [9.17, 15) is 9.59 Å². The zero-order chi connectivity index (χ0) is 12.1. The molecule has 0 aliphatic heterocycles. The average Bonchev–Trinajstić information content (AvgIpc) is 2.98. The van der Waals surface area contributed by atoms with Gasteiger partial charge in [0, 0.05) is 0 Å². The van der Waals surface area contributed by atoms with Crippen molar-refractivity contribution in [3.63, 3.8) is 0 Å². The molecule has 0 unspecified atom stereocenters. The van der Waals surface area contributed by atoms with Gasteiger partial charge < -0.3 is 15.2 Å². The quantitative estimate of drug-likeness (QED) is 0.670. The van der Waals surface area contributed by atoms with Crippen LogP contribution < -0.4 is 5.73 Å². The molecular weight excluding hydrogens is 210 g/mol. The van der Waals surface area contributed by atoms with Gasteiger partial charge in [0.05, 0.1) is 19.1 Å². The van der Waals surface area contributed by atoms with Crippen LogP contribution in [0, 0.1) is 11.8 Å². The van der Waals surface area contributed by atoms with Crippen molar-refractivity contribution in [2.24, 2.45) is 17.6 Å². The molecular formula is C11H19NO4. The fourth-order valence-electron chi connectivity index (χ4n) is 1.72. The Morgan fingerprint density at radius 3 is 2.50 bits per heavy atom. The van der Waals surface area contributed by atoms with Gasteiger partial charge in [-0.1, -0.05) is 0 Å². The summed E-state index contributed by atoms with van der Waals surface area (Å²) in [5.41, 5.74) is 5.65. The molecule has 0 amide bonds. The summed E-state index contributed by atoms with van der Waals surface area (Å²) in [5.74, 6) is -0.459. The first-order valence-corrected chi connectivity index (χ1v) is 5.69. The summed E-state index contributed by atoms with van der Waals surface area (Å²) in [5, 5.41) is 0. The summed E-state index contributed by atoms with van der Waals surface area (Å²) >= 11 is 0. The Morgan fingerprint density at radius 1 is 1.31 bits per heavy atom. The van der Waals surface area contributed by atoms with Crippen molar-refractivity contribution in [2.75, 3.05) is 13.2 Å². The summed E-state index contributed by atoms with van der Waals surface area (Å²) in [4.78, 5) is 22.6. The molecule has 5 heteroatoms. The standard InChI is InChI=1S/C11H19NO4/c1-3-15-10(13)8-5-7(8)6-9(12)11(14)16-4-2/h7-9H,3-6,12H2,1-2H3/t7-,8-,9-/m1/s1. The molecule has 16 heavy (non-hydrogen) atoms. The smallest absolute Gasteiger partial charge is 0.322 e. The van der Waals surface area contributed by atoms with Crippen molar-refractivity contribution in [3.8, 4) is 0 Å². The Kier molecular flexibility index (Phi) is 4.73. The molecule has 1 aliphatic carbocycles. The molecule has 5 nitrogen and oxygen atoms in total. The molecule has 0 spiro atoms. The van der Waals surface area contributed by atoms with Crippen molar-refractivity contribution in [2.45, 2.75) is 32.7 Å². The van der Waals surface area contributed by atoms with E-state index in [2.05, 4.69) is 0 Å². The van der Waals surface area contributed by atoms with Crippen LogP contribution in [0.4, 0.5) is 0 Å². The van der Waals surface area contributed by atoms with Crippen LogP contribution in [0.15, 0.2) is 0 Å². The van der Waals surface area contributed by atoms with Crippen LogP contribution in [-0.2, 0) is 19.1 Å². The summed E-state index contributed by atoms with van der Waals surface area (Å²) < 4.78 is 9.69. The predicted octanol–water partition coefficient (Wildman–Crippen LogP) is 0.466. The largest absolute Gasteiger partial charge is 0.466 e. The number of ether oxygens (including phenoxy) is 2. The van der Waals surface area contributed by atoms with Crippen molar-refractivity contribution in [1.82, 2.24) is 0 Å². The first-order valence-electron chi connectivity index (χ1n) is 5.69. The predicted molar refractivity (Wildman–Crippen MR) is 57.5 cm³/mol. The van der Waals surface area contributed by atoms with E-state index in [1.54, 1.807) is 13.8 Å². The minimum absolute atomic E-state index is 0.0690. The summed E-state index contributed by atoms with van der Waals surface area (Å²) in [7, 11) is 0. The zero-order valence-corrected chi connectivity index (χ0v) is 9.77. The average molecular weight is 229 g/mol. The monoisotopic (exact) mass is 229 g/mol. The molecule has 0 aromatic carbocycles. The van der Waals surface area contributed by atoms with E-state index in [4.69, 9.17) is 15.2 Å². The fraction of sp³-hybridized carbons (Fsp3) is 0.818. The van der Waals surface area contributed by atoms with Crippen molar-refractivity contribution < 1.29 is 19.1 Å². The highest BCUT2D eigenvalue weighted by molar-refractivity contribution is 5.77. The third kappa shape index (κ3) is 3.48. The molecule has 2 N–H and O–H groups in total. The van der Waals surface area contributed by atoms with Gasteiger partial charge in [0.15, 0.2) is 0 Å². The zero-order valence-electron chi connectivity index (χ0n) is 9.77. The van der Waals surface area contributed by atoms with Crippen LogP contribution in [0.5, 0.6) is 0 Å². The van der Waals surface area contributed by atoms with Crippen molar-refractivity contribution in [3.05, 3.63) is 0 Å². The van der Waals surface area contributed by atoms with E-state index in [0.717, 1.165) is 6.42 Å². The second kappa shape index (κ2) is 5.84. The molecule has 3 atom stereocenters. The van der Waals surface area contributed by atoms with E-state index in [1.807, 2.05) is 0 Å².